The van der Waals surface area contributed by atoms with Crippen molar-refractivity contribution < 1.29 is 48.9 Å². The lowest BCUT2D eigenvalue weighted by molar-refractivity contribution is -0.140. The van der Waals surface area contributed by atoms with Crippen molar-refractivity contribution >= 4 is 38.2 Å². The number of allylic oxidation sites excluding steroid dienone is 2. The standard InChI is InChI=1S/C12H20O.C5H10O8S2.C4H8O2.C3H7N.C2H6/c1-4-7-9-11(6-3)12(13)10-8-5-2;1-3-4(14(7,8)9)5(6)13-15(10,11)12-2;1-3-4(5)6-2;1-2-3-4;1-2/h4-5,11H,1-2,6-10H2,3H3;4H,3H2,1-2H3,(H,7,8,9);3H2,1-2H3;2H,1,3-4H2;1-2H3. The fraction of sp³-hybridized carbons (Fsp3) is 0.654. The van der Waals surface area contributed by atoms with Crippen molar-refractivity contribution in [3.63, 3.8) is 0 Å². The molecule has 0 spiro atoms. The third-order valence-corrected chi connectivity index (χ3v) is 6.35. The van der Waals surface area contributed by atoms with Gasteiger partial charge in [-0.1, -0.05) is 52.8 Å². The number of methoxy groups -OCH3 is 1. The summed E-state index contributed by atoms with van der Waals surface area (Å²) < 4.78 is 62.7. The molecule has 0 bridgehead atoms. The number of nitrogens with two attached hydrogens (primary N) is 1. The first-order valence-electron chi connectivity index (χ1n) is 12.7. The van der Waals surface area contributed by atoms with Crippen molar-refractivity contribution in [2.45, 2.75) is 84.8 Å². The number of ketones is 1. The molecule has 2 unspecified atom stereocenters. The van der Waals surface area contributed by atoms with Crippen LogP contribution in [0.25, 0.3) is 0 Å². The fourth-order valence-corrected chi connectivity index (χ4v) is 3.35. The van der Waals surface area contributed by atoms with Gasteiger partial charge in [-0.25, -0.2) is 8.98 Å². The zero-order chi connectivity index (χ0) is 32.8. The molecular weight excluding hydrogens is 566 g/mol. The van der Waals surface area contributed by atoms with Gasteiger partial charge in [-0.3, -0.25) is 14.1 Å². The van der Waals surface area contributed by atoms with Crippen LogP contribution in [0.15, 0.2) is 38.0 Å². The van der Waals surface area contributed by atoms with Gasteiger partial charge in [-0.15, -0.1) is 19.7 Å². The molecule has 0 fully saturated rings. The molecule has 238 valence electrons. The first-order valence-corrected chi connectivity index (χ1v) is 15.6. The summed E-state index contributed by atoms with van der Waals surface area (Å²) in [5.74, 6) is -1.15. The predicted molar refractivity (Wildman–Crippen MR) is 158 cm³/mol. The highest BCUT2D eigenvalue weighted by molar-refractivity contribution is 7.87. The number of hydrogen-bond donors (Lipinski definition) is 2. The summed E-state index contributed by atoms with van der Waals surface area (Å²) in [5, 5.41) is -1.94. The Kier molecular flexibility index (Phi) is 36.9. The average Bonchev–Trinajstić information content (AvgIpc) is 2.93. The summed E-state index contributed by atoms with van der Waals surface area (Å²) in [7, 11) is -7.13. The first-order chi connectivity index (χ1) is 18.6. The van der Waals surface area contributed by atoms with Crippen LogP contribution in [0.1, 0.15) is 79.6 Å². The maximum absolute atomic E-state index is 11.6. The third kappa shape index (κ3) is 31.8. The van der Waals surface area contributed by atoms with Gasteiger partial charge in [0.25, 0.3) is 10.1 Å². The Hall–Kier alpha value is -2.39. The lowest BCUT2D eigenvalue weighted by atomic mass is 9.93. The Balaban J connectivity index is -0.000000147. The number of esters is 1. The van der Waals surface area contributed by atoms with E-state index in [1.54, 1.807) is 19.1 Å². The molecule has 12 nitrogen and oxygen atoms in total. The van der Waals surface area contributed by atoms with Crippen molar-refractivity contribution in [1.29, 1.82) is 0 Å². The number of ether oxygens (including phenoxy) is 1. The molecule has 0 aromatic rings. The van der Waals surface area contributed by atoms with Crippen molar-refractivity contribution in [3.8, 4) is 0 Å². The molecule has 0 saturated carbocycles. The molecule has 0 radical (unpaired) electrons. The molecule has 2 atom stereocenters. The van der Waals surface area contributed by atoms with Crippen LogP contribution in [0, 0.1) is 5.92 Å². The van der Waals surface area contributed by atoms with Gasteiger partial charge in [-0.05, 0) is 32.1 Å². The normalized spacial score (nSPS) is 11.3. The molecule has 0 aliphatic carbocycles. The van der Waals surface area contributed by atoms with Crippen LogP contribution in [-0.2, 0) is 48.0 Å². The Morgan fingerprint density at radius 3 is 1.62 bits per heavy atom. The Labute approximate surface area is 242 Å². The number of rotatable bonds is 15. The molecule has 0 aliphatic rings. The Bertz CT molecular complexity index is 894. The third-order valence-electron chi connectivity index (χ3n) is 4.33. The zero-order valence-electron chi connectivity index (χ0n) is 25.1. The number of carbonyl (C=O) groups excluding carboxylic acids is 3. The fourth-order valence-electron chi connectivity index (χ4n) is 2.19. The van der Waals surface area contributed by atoms with Crippen LogP contribution in [-0.4, -0.2) is 65.1 Å². The zero-order valence-corrected chi connectivity index (χ0v) is 26.7. The molecule has 0 aromatic heterocycles. The molecule has 0 rings (SSSR count). The van der Waals surface area contributed by atoms with Crippen molar-refractivity contribution in [2.75, 3.05) is 20.8 Å². The minimum atomic E-state index is -4.69. The van der Waals surface area contributed by atoms with E-state index in [1.807, 2.05) is 19.9 Å². The first kappa shape index (κ1) is 47.4. The summed E-state index contributed by atoms with van der Waals surface area (Å²) in [6.07, 6.45) is 9.79. The number of hydrogen-bond acceptors (Lipinski definition) is 11. The molecule has 0 aromatic carbocycles. The van der Waals surface area contributed by atoms with Crippen molar-refractivity contribution in [3.05, 3.63) is 38.0 Å². The molecule has 3 N–H and O–H groups in total. The van der Waals surface area contributed by atoms with Crippen molar-refractivity contribution in [2.24, 2.45) is 11.7 Å². The number of carbonyl (C=O) groups is 3. The van der Waals surface area contributed by atoms with Crippen LogP contribution in [0.5, 0.6) is 0 Å². The monoisotopic (exact) mass is 617 g/mol. The molecule has 40 heavy (non-hydrogen) atoms. The topological polar surface area (TPSA) is 193 Å². The van der Waals surface area contributed by atoms with Gasteiger partial charge in [0, 0.05) is 25.3 Å². The van der Waals surface area contributed by atoms with Gasteiger partial charge in [0.1, 0.15) is 5.78 Å². The predicted octanol–water partition coefficient (Wildman–Crippen LogP) is 4.33. The van der Waals surface area contributed by atoms with Gasteiger partial charge >= 0.3 is 22.3 Å². The quantitative estimate of drug-likeness (QED) is 0.150. The maximum atomic E-state index is 11.6. The highest BCUT2D eigenvalue weighted by Gasteiger charge is 2.34. The summed E-state index contributed by atoms with van der Waals surface area (Å²) in [6, 6.07) is 0. The molecule has 0 amide bonds. The minimum Gasteiger partial charge on any atom is -0.469 e. The van der Waals surface area contributed by atoms with Gasteiger partial charge < -0.3 is 14.7 Å². The highest BCUT2D eigenvalue weighted by atomic mass is 32.3. The SMILES string of the molecule is C=CCCC(=O)C(CC)CCC=C.C=CCN.CC.CCC(=O)OC.CCC(C(=O)OS(=O)(=O)OC)S(=O)(=O)O. The molecular formula is C26H51NO11S2. The maximum Gasteiger partial charge on any atom is 0.451 e. The van der Waals surface area contributed by atoms with E-state index >= 15 is 0 Å². The van der Waals surface area contributed by atoms with E-state index < -0.39 is 31.7 Å². The van der Waals surface area contributed by atoms with Crippen molar-refractivity contribution in [1.82, 2.24) is 0 Å². The van der Waals surface area contributed by atoms with Gasteiger partial charge in [0.2, 0.25) is 0 Å². The van der Waals surface area contributed by atoms with Crippen LogP contribution in [0.3, 0.4) is 0 Å². The minimum absolute atomic E-state index is 0.157. The Morgan fingerprint density at radius 1 is 0.900 bits per heavy atom. The average molecular weight is 618 g/mol. The van der Waals surface area contributed by atoms with E-state index in [-0.39, 0.29) is 18.3 Å². The highest BCUT2D eigenvalue weighted by Crippen LogP contribution is 2.15. The smallest absolute Gasteiger partial charge is 0.451 e. The van der Waals surface area contributed by atoms with E-state index in [0.29, 0.717) is 25.2 Å². The van der Waals surface area contributed by atoms with Crippen LogP contribution < -0.4 is 5.73 Å². The molecule has 0 saturated heterocycles. The van der Waals surface area contributed by atoms with E-state index in [2.05, 4.69) is 39.8 Å². The second kappa shape index (κ2) is 31.1. The summed E-state index contributed by atoms with van der Waals surface area (Å²) in [6.45, 7) is 20.3. The van der Waals surface area contributed by atoms with Gasteiger partial charge in [0.15, 0.2) is 5.25 Å². The summed E-state index contributed by atoms with van der Waals surface area (Å²) >= 11 is 0. The van der Waals surface area contributed by atoms with E-state index in [9.17, 15) is 31.2 Å². The van der Waals surface area contributed by atoms with E-state index in [4.69, 9.17) is 10.3 Å². The van der Waals surface area contributed by atoms with E-state index in [1.165, 1.54) is 14.0 Å². The lowest BCUT2D eigenvalue weighted by Gasteiger charge is -2.11. The summed E-state index contributed by atoms with van der Waals surface area (Å²) in [5.41, 5.74) is 4.91. The van der Waals surface area contributed by atoms with Crippen LogP contribution in [0.2, 0.25) is 0 Å². The van der Waals surface area contributed by atoms with Crippen LogP contribution in [0.4, 0.5) is 0 Å². The molecule has 0 heterocycles. The van der Waals surface area contributed by atoms with Gasteiger partial charge in [-0.2, -0.15) is 16.8 Å². The summed E-state index contributed by atoms with van der Waals surface area (Å²) in [4.78, 5) is 32.5. The van der Waals surface area contributed by atoms with Crippen LogP contribution >= 0.6 is 0 Å². The second-order valence-electron chi connectivity index (χ2n) is 7.11. The van der Waals surface area contributed by atoms with Gasteiger partial charge in [0.05, 0.1) is 14.2 Å². The lowest BCUT2D eigenvalue weighted by Crippen LogP contribution is -2.32. The Morgan fingerprint density at radius 2 is 1.38 bits per heavy atom. The molecule has 0 aliphatic heterocycles. The largest absolute Gasteiger partial charge is 0.469 e. The molecule has 14 heteroatoms. The second-order valence-corrected chi connectivity index (χ2v) is 10.0. The van der Waals surface area contributed by atoms with E-state index in [0.717, 1.165) is 32.8 Å². The number of Topliss-reactive ketones (excluding diaryl/α,β-unsaturated/α-hetero) is 1.